The lowest BCUT2D eigenvalue weighted by atomic mass is 9.90. The van der Waals surface area contributed by atoms with E-state index in [1.807, 2.05) is 67.6 Å². The molecule has 0 aliphatic rings. The summed E-state index contributed by atoms with van der Waals surface area (Å²) in [4.78, 5) is 24.6. The molecule has 4 rings (SSSR count). The Hall–Kier alpha value is -4.82. The first-order valence-corrected chi connectivity index (χ1v) is 12.5. The Bertz CT molecular complexity index is 1530. The van der Waals surface area contributed by atoms with E-state index in [9.17, 15) is 9.59 Å². The number of anilines is 1. The minimum Gasteiger partial charge on any atom is -0.478 e. The number of allylic oxidation sites excluding steroid dienone is 4. The second kappa shape index (κ2) is 12.6. The molecule has 1 aromatic heterocycles. The molecule has 0 saturated carbocycles. The maximum absolute atomic E-state index is 13.4. The standard InChI is InChI=1S/C30H26ClN5O3/c1-3-22(27-18-24(31)13-16-28(27)36-19-32-34-35-36)10-9-20(2)26(17-21-7-5-4-6-8-21)29(37)33-25-14-11-23(12-15-25)30(38)39/h3-16,18-19,26H,2,17H2,1H3,(H,33,37)(H,38,39)/b10-9-,22-3+/t26-/m0/s1. The zero-order chi connectivity index (χ0) is 27.8. The first kappa shape index (κ1) is 27.2. The van der Waals surface area contributed by atoms with E-state index in [0.717, 1.165) is 22.4 Å². The van der Waals surface area contributed by atoms with Crippen LogP contribution >= 0.6 is 11.6 Å². The number of hydrogen-bond donors (Lipinski definition) is 2. The average molecular weight is 540 g/mol. The summed E-state index contributed by atoms with van der Waals surface area (Å²) < 4.78 is 1.55. The maximum atomic E-state index is 13.4. The van der Waals surface area contributed by atoms with Gasteiger partial charge in [0.2, 0.25) is 5.91 Å². The van der Waals surface area contributed by atoms with Gasteiger partial charge >= 0.3 is 5.97 Å². The molecule has 196 valence electrons. The third-order valence-electron chi connectivity index (χ3n) is 6.10. The molecule has 2 N–H and O–H groups in total. The summed E-state index contributed by atoms with van der Waals surface area (Å²) >= 11 is 6.31. The number of carboxylic acid groups (broad SMARTS) is 1. The van der Waals surface area contributed by atoms with Crippen molar-refractivity contribution in [1.29, 1.82) is 0 Å². The third kappa shape index (κ3) is 6.94. The number of nitrogens with zero attached hydrogens (tertiary/aromatic N) is 4. The quantitative estimate of drug-likeness (QED) is 0.238. The highest BCUT2D eigenvalue weighted by Crippen LogP contribution is 2.28. The molecule has 1 amide bonds. The van der Waals surface area contributed by atoms with E-state index in [1.165, 1.54) is 18.5 Å². The molecule has 39 heavy (non-hydrogen) atoms. The minimum absolute atomic E-state index is 0.141. The summed E-state index contributed by atoms with van der Waals surface area (Å²) in [6.07, 6.45) is 7.57. The second-order valence-corrected chi connectivity index (χ2v) is 9.12. The van der Waals surface area contributed by atoms with Gasteiger partial charge in [-0.1, -0.05) is 66.7 Å². The Balaban J connectivity index is 1.60. The molecule has 0 radical (unpaired) electrons. The van der Waals surface area contributed by atoms with E-state index in [1.54, 1.807) is 22.9 Å². The zero-order valence-corrected chi connectivity index (χ0v) is 21.9. The number of carbonyl (C=O) groups is 2. The van der Waals surface area contributed by atoms with Crippen molar-refractivity contribution < 1.29 is 14.7 Å². The number of tetrazole rings is 1. The highest BCUT2D eigenvalue weighted by molar-refractivity contribution is 6.30. The number of aromatic nitrogens is 4. The molecular weight excluding hydrogens is 514 g/mol. The predicted molar refractivity (Wildman–Crippen MR) is 152 cm³/mol. The van der Waals surface area contributed by atoms with Gasteiger partial charge in [-0.3, -0.25) is 4.79 Å². The first-order valence-electron chi connectivity index (χ1n) is 12.1. The second-order valence-electron chi connectivity index (χ2n) is 8.68. The molecule has 1 atom stereocenters. The molecule has 0 spiro atoms. The Morgan fingerprint density at radius 2 is 1.82 bits per heavy atom. The van der Waals surface area contributed by atoms with Gasteiger partial charge in [-0.05, 0) is 82.9 Å². The molecular formula is C30H26ClN5O3. The molecule has 8 nitrogen and oxygen atoms in total. The third-order valence-corrected chi connectivity index (χ3v) is 6.33. The van der Waals surface area contributed by atoms with Crippen LogP contribution in [0.2, 0.25) is 5.02 Å². The van der Waals surface area contributed by atoms with Crippen LogP contribution in [0.4, 0.5) is 5.69 Å². The monoisotopic (exact) mass is 539 g/mol. The summed E-state index contributed by atoms with van der Waals surface area (Å²) in [7, 11) is 0. The molecule has 0 aliphatic carbocycles. The number of carbonyl (C=O) groups excluding carboxylic acids is 1. The van der Waals surface area contributed by atoms with Crippen molar-refractivity contribution in [2.75, 3.05) is 5.32 Å². The van der Waals surface area contributed by atoms with E-state index < -0.39 is 11.9 Å². The van der Waals surface area contributed by atoms with E-state index in [-0.39, 0.29) is 11.5 Å². The van der Waals surface area contributed by atoms with Crippen LogP contribution in [0.5, 0.6) is 0 Å². The average Bonchev–Trinajstić information content (AvgIpc) is 3.48. The topological polar surface area (TPSA) is 110 Å². The number of benzene rings is 3. The van der Waals surface area contributed by atoms with E-state index in [0.29, 0.717) is 22.7 Å². The highest BCUT2D eigenvalue weighted by atomic mass is 35.5. The molecule has 0 aliphatic heterocycles. The van der Waals surface area contributed by atoms with Crippen LogP contribution in [0.25, 0.3) is 11.3 Å². The SMILES string of the molecule is C=C(/C=C\C(=C/C)c1cc(Cl)ccc1-n1cnnn1)[C@H](Cc1ccccc1)C(=O)Nc1ccc(C(=O)O)cc1. The van der Waals surface area contributed by atoms with Gasteiger partial charge in [0.25, 0.3) is 0 Å². The van der Waals surface area contributed by atoms with Gasteiger partial charge in [0.15, 0.2) is 0 Å². The number of rotatable bonds is 10. The summed E-state index contributed by atoms with van der Waals surface area (Å²) in [5.41, 5.74) is 4.62. The lowest BCUT2D eigenvalue weighted by molar-refractivity contribution is -0.118. The molecule has 0 unspecified atom stereocenters. The van der Waals surface area contributed by atoms with Crippen molar-refractivity contribution in [1.82, 2.24) is 20.2 Å². The van der Waals surface area contributed by atoms with E-state index in [2.05, 4.69) is 27.4 Å². The summed E-state index contributed by atoms with van der Waals surface area (Å²) in [5.74, 6) is -1.87. The predicted octanol–water partition coefficient (Wildman–Crippen LogP) is 6.03. The van der Waals surface area contributed by atoms with Crippen molar-refractivity contribution in [3.05, 3.63) is 131 Å². The van der Waals surface area contributed by atoms with Crippen LogP contribution in [0.3, 0.4) is 0 Å². The van der Waals surface area contributed by atoms with Crippen molar-refractivity contribution in [3.63, 3.8) is 0 Å². The van der Waals surface area contributed by atoms with Gasteiger partial charge in [-0.15, -0.1) is 5.10 Å². The molecule has 0 saturated heterocycles. The normalized spacial score (nSPS) is 12.3. The van der Waals surface area contributed by atoms with Crippen LogP contribution < -0.4 is 5.32 Å². The maximum Gasteiger partial charge on any atom is 0.335 e. The molecule has 0 fully saturated rings. The summed E-state index contributed by atoms with van der Waals surface area (Å²) in [6.45, 7) is 6.13. The Kier molecular flexibility index (Phi) is 8.81. The van der Waals surface area contributed by atoms with Crippen LogP contribution in [-0.2, 0) is 11.2 Å². The number of carboxylic acids is 1. The number of hydrogen-bond acceptors (Lipinski definition) is 5. The Labute approximate surface area is 231 Å². The fourth-order valence-corrected chi connectivity index (χ4v) is 4.20. The Morgan fingerprint density at radius 1 is 1.08 bits per heavy atom. The molecule has 9 heteroatoms. The van der Waals surface area contributed by atoms with Crippen molar-refractivity contribution in [2.24, 2.45) is 5.92 Å². The van der Waals surface area contributed by atoms with Crippen LogP contribution in [0.15, 0.2) is 110 Å². The summed E-state index contributed by atoms with van der Waals surface area (Å²) in [5, 5.41) is 24.1. The molecule has 1 heterocycles. The molecule has 0 bridgehead atoms. The van der Waals surface area contributed by atoms with Crippen molar-refractivity contribution in [3.8, 4) is 5.69 Å². The lowest BCUT2D eigenvalue weighted by Crippen LogP contribution is -2.25. The molecule has 3 aromatic carbocycles. The number of amides is 1. The molecule has 4 aromatic rings. The fraction of sp³-hybridized carbons (Fsp3) is 0.100. The lowest BCUT2D eigenvalue weighted by Gasteiger charge is -2.18. The van der Waals surface area contributed by atoms with Gasteiger partial charge in [-0.25, -0.2) is 4.79 Å². The Morgan fingerprint density at radius 3 is 2.46 bits per heavy atom. The smallest absolute Gasteiger partial charge is 0.335 e. The number of aromatic carboxylic acids is 1. The highest BCUT2D eigenvalue weighted by Gasteiger charge is 2.22. The van der Waals surface area contributed by atoms with Crippen LogP contribution in [0.1, 0.15) is 28.4 Å². The van der Waals surface area contributed by atoms with Gasteiger partial charge in [0.05, 0.1) is 17.2 Å². The first-order chi connectivity index (χ1) is 18.9. The van der Waals surface area contributed by atoms with Gasteiger partial charge in [0, 0.05) is 16.3 Å². The van der Waals surface area contributed by atoms with Gasteiger partial charge in [-0.2, -0.15) is 4.68 Å². The fourth-order valence-electron chi connectivity index (χ4n) is 4.03. The minimum atomic E-state index is -1.03. The number of nitrogens with one attached hydrogen (secondary N) is 1. The van der Waals surface area contributed by atoms with Gasteiger partial charge < -0.3 is 10.4 Å². The zero-order valence-electron chi connectivity index (χ0n) is 21.2. The van der Waals surface area contributed by atoms with Gasteiger partial charge in [0.1, 0.15) is 6.33 Å². The van der Waals surface area contributed by atoms with Crippen LogP contribution in [-0.4, -0.2) is 37.2 Å². The van der Waals surface area contributed by atoms with Crippen molar-refractivity contribution >= 4 is 34.7 Å². The van der Waals surface area contributed by atoms with Crippen molar-refractivity contribution in [2.45, 2.75) is 13.3 Å². The number of halogens is 1. The largest absolute Gasteiger partial charge is 0.478 e. The van der Waals surface area contributed by atoms with E-state index in [4.69, 9.17) is 16.7 Å². The van der Waals surface area contributed by atoms with E-state index >= 15 is 0 Å². The van der Waals surface area contributed by atoms with Crippen LogP contribution in [0, 0.1) is 5.92 Å². The summed E-state index contributed by atoms with van der Waals surface area (Å²) in [6, 6.07) is 21.1.